The van der Waals surface area contributed by atoms with Crippen LogP contribution in [0.5, 0.6) is 5.75 Å². The van der Waals surface area contributed by atoms with Gasteiger partial charge in [-0.05, 0) is 31.2 Å². The van der Waals surface area contributed by atoms with Crippen LogP contribution in [-0.4, -0.2) is 25.7 Å². The van der Waals surface area contributed by atoms with Gasteiger partial charge in [-0.25, -0.2) is 0 Å². The van der Waals surface area contributed by atoms with Gasteiger partial charge in [-0.3, -0.25) is 4.79 Å². The van der Waals surface area contributed by atoms with Crippen molar-refractivity contribution in [3.8, 4) is 16.2 Å². The number of hydrogen-bond donors (Lipinski definition) is 1. The fourth-order valence-corrected chi connectivity index (χ4v) is 3.13. The van der Waals surface area contributed by atoms with E-state index in [-0.39, 0.29) is 5.97 Å². The Bertz CT molecular complexity index is 609. The highest BCUT2D eigenvalue weighted by Gasteiger charge is 2.17. The van der Waals surface area contributed by atoms with Crippen LogP contribution in [0.3, 0.4) is 0 Å². The Kier molecular flexibility index (Phi) is 5.36. The summed E-state index contributed by atoms with van der Waals surface area (Å²) in [4.78, 5) is 13.7. The van der Waals surface area contributed by atoms with Crippen LogP contribution < -0.4 is 10.5 Å². The summed E-state index contributed by atoms with van der Waals surface area (Å²) in [6.07, 6.45) is 0.485. The van der Waals surface area contributed by atoms with Gasteiger partial charge < -0.3 is 15.2 Å². The van der Waals surface area contributed by atoms with E-state index in [4.69, 9.17) is 15.2 Å². The van der Waals surface area contributed by atoms with Gasteiger partial charge in [0.15, 0.2) is 0 Å². The molecule has 1 atom stereocenters. The molecule has 0 spiro atoms. The molecule has 1 aromatic heterocycles. The monoisotopic (exact) mass is 305 g/mol. The second-order valence-electron chi connectivity index (χ2n) is 4.53. The van der Waals surface area contributed by atoms with Crippen LogP contribution in [0.2, 0.25) is 0 Å². The van der Waals surface area contributed by atoms with Gasteiger partial charge in [0.05, 0.1) is 13.7 Å². The number of thiophene rings is 1. The minimum Gasteiger partial charge on any atom is -0.496 e. The van der Waals surface area contributed by atoms with E-state index in [0.717, 1.165) is 21.1 Å². The molecule has 1 aromatic carbocycles. The SMILES string of the molecule is CCOC(=O)C(N)Cc1ccc(-c2ccccc2OC)s1. The summed E-state index contributed by atoms with van der Waals surface area (Å²) in [5.74, 6) is 0.477. The maximum atomic E-state index is 11.6. The van der Waals surface area contributed by atoms with Crippen molar-refractivity contribution in [3.63, 3.8) is 0 Å². The Hall–Kier alpha value is -1.85. The molecule has 0 amide bonds. The average molecular weight is 305 g/mol. The summed E-state index contributed by atoms with van der Waals surface area (Å²) in [5.41, 5.74) is 6.89. The van der Waals surface area contributed by atoms with Crippen LogP contribution in [-0.2, 0) is 16.0 Å². The highest BCUT2D eigenvalue weighted by atomic mass is 32.1. The molecule has 0 bridgehead atoms. The molecule has 5 heteroatoms. The first-order valence-electron chi connectivity index (χ1n) is 6.80. The van der Waals surface area contributed by atoms with E-state index < -0.39 is 6.04 Å². The summed E-state index contributed by atoms with van der Waals surface area (Å²) in [6.45, 7) is 2.12. The highest BCUT2D eigenvalue weighted by molar-refractivity contribution is 7.15. The van der Waals surface area contributed by atoms with Gasteiger partial charge in [-0.1, -0.05) is 12.1 Å². The van der Waals surface area contributed by atoms with Crippen LogP contribution in [0.4, 0.5) is 0 Å². The molecule has 0 aliphatic rings. The summed E-state index contributed by atoms with van der Waals surface area (Å²) in [6, 6.07) is 11.3. The number of carbonyl (C=O) groups excluding carboxylic acids is 1. The van der Waals surface area contributed by atoms with Crippen LogP contribution in [0.25, 0.3) is 10.4 Å². The third-order valence-electron chi connectivity index (χ3n) is 3.04. The molecular formula is C16H19NO3S. The normalized spacial score (nSPS) is 12.0. The molecule has 1 heterocycles. The lowest BCUT2D eigenvalue weighted by Crippen LogP contribution is -2.34. The molecule has 0 radical (unpaired) electrons. The molecule has 0 saturated carbocycles. The molecule has 2 aromatic rings. The Morgan fingerprint density at radius 2 is 2.05 bits per heavy atom. The second kappa shape index (κ2) is 7.24. The summed E-state index contributed by atoms with van der Waals surface area (Å²) < 4.78 is 10.3. The van der Waals surface area contributed by atoms with E-state index in [0.29, 0.717) is 13.0 Å². The molecule has 112 valence electrons. The number of methoxy groups -OCH3 is 1. The van der Waals surface area contributed by atoms with Crippen LogP contribution >= 0.6 is 11.3 Å². The Morgan fingerprint density at radius 3 is 2.76 bits per heavy atom. The van der Waals surface area contributed by atoms with E-state index in [1.54, 1.807) is 25.4 Å². The molecule has 2 rings (SSSR count). The van der Waals surface area contributed by atoms with Crippen molar-refractivity contribution in [2.75, 3.05) is 13.7 Å². The summed E-state index contributed by atoms with van der Waals surface area (Å²) >= 11 is 1.61. The fraction of sp³-hybridized carbons (Fsp3) is 0.312. The Balaban J connectivity index is 2.13. The maximum absolute atomic E-state index is 11.6. The largest absolute Gasteiger partial charge is 0.496 e. The van der Waals surface area contributed by atoms with Gasteiger partial charge in [0.1, 0.15) is 11.8 Å². The first-order chi connectivity index (χ1) is 10.2. The minimum absolute atomic E-state index is 0.351. The molecule has 1 unspecified atom stereocenters. The van der Waals surface area contributed by atoms with E-state index in [9.17, 15) is 4.79 Å². The fourth-order valence-electron chi connectivity index (χ4n) is 2.03. The number of benzene rings is 1. The maximum Gasteiger partial charge on any atom is 0.323 e. The number of ether oxygens (including phenoxy) is 2. The van der Waals surface area contributed by atoms with Gasteiger partial charge in [0, 0.05) is 21.7 Å². The van der Waals surface area contributed by atoms with Crippen molar-refractivity contribution in [1.82, 2.24) is 0 Å². The minimum atomic E-state index is -0.617. The van der Waals surface area contributed by atoms with Gasteiger partial charge in [0.25, 0.3) is 0 Å². The van der Waals surface area contributed by atoms with E-state index in [1.165, 1.54) is 0 Å². The number of rotatable bonds is 6. The lowest BCUT2D eigenvalue weighted by atomic mass is 10.1. The zero-order valence-electron chi connectivity index (χ0n) is 12.2. The third-order valence-corrected chi connectivity index (χ3v) is 4.19. The quantitative estimate of drug-likeness (QED) is 0.834. The van der Waals surface area contributed by atoms with Crippen molar-refractivity contribution in [2.45, 2.75) is 19.4 Å². The van der Waals surface area contributed by atoms with Crippen molar-refractivity contribution in [3.05, 3.63) is 41.3 Å². The lowest BCUT2D eigenvalue weighted by molar-refractivity contribution is -0.144. The smallest absolute Gasteiger partial charge is 0.323 e. The van der Waals surface area contributed by atoms with E-state index >= 15 is 0 Å². The zero-order chi connectivity index (χ0) is 15.2. The molecule has 0 saturated heterocycles. The zero-order valence-corrected chi connectivity index (χ0v) is 13.0. The van der Waals surface area contributed by atoms with Gasteiger partial charge in [0.2, 0.25) is 0 Å². The van der Waals surface area contributed by atoms with Gasteiger partial charge >= 0.3 is 5.97 Å². The number of nitrogens with two attached hydrogens (primary N) is 1. The van der Waals surface area contributed by atoms with Crippen LogP contribution in [0.15, 0.2) is 36.4 Å². The Morgan fingerprint density at radius 1 is 1.29 bits per heavy atom. The molecule has 21 heavy (non-hydrogen) atoms. The van der Waals surface area contributed by atoms with Crippen molar-refractivity contribution < 1.29 is 14.3 Å². The number of esters is 1. The molecular weight excluding hydrogens is 286 g/mol. The molecule has 0 aliphatic carbocycles. The van der Waals surface area contributed by atoms with E-state index in [1.807, 2.05) is 36.4 Å². The predicted octanol–water partition coefficient (Wildman–Crippen LogP) is 2.86. The van der Waals surface area contributed by atoms with Gasteiger partial charge in [-0.15, -0.1) is 11.3 Å². The average Bonchev–Trinajstić information content (AvgIpc) is 2.95. The second-order valence-corrected chi connectivity index (χ2v) is 5.70. The number of carbonyl (C=O) groups is 1. The highest BCUT2D eigenvalue weighted by Crippen LogP contribution is 2.34. The standard InChI is InChI=1S/C16H19NO3S/c1-3-20-16(18)13(17)10-11-8-9-15(21-11)12-6-4-5-7-14(12)19-2/h4-9,13H,3,10,17H2,1-2H3. The Labute approximate surface area is 128 Å². The molecule has 0 fully saturated rings. The van der Waals surface area contributed by atoms with Crippen molar-refractivity contribution >= 4 is 17.3 Å². The predicted molar refractivity (Wildman–Crippen MR) is 84.6 cm³/mol. The van der Waals surface area contributed by atoms with E-state index in [2.05, 4.69) is 0 Å². The topological polar surface area (TPSA) is 61.5 Å². The third kappa shape index (κ3) is 3.83. The molecule has 2 N–H and O–H groups in total. The van der Waals surface area contributed by atoms with Crippen molar-refractivity contribution in [1.29, 1.82) is 0 Å². The van der Waals surface area contributed by atoms with Gasteiger partial charge in [-0.2, -0.15) is 0 Å². The molecule has 4 nitrogen and oxygen atoms in total. The lowest BCUT2D eigenvalue weighted by Gasteiger charge is -2.09. The molecule has 0 aliphatic heterocycles. The summed E-state index contributed by atoms with van der Waals surface area (Å²) in [5, 5.41) is 0. The first-order valence-corrected chi connectivity index (χ1v) is 7.61. The van der Waals surface area contributed by atoms with Crippen LogP contribution in [0.1, 0.15) is 11.8 Å². The number of hydrogen-bond acceptors (Lipinski definition) is 5. The van der Waals surface area contributed by atoms with Crippen LogP contribution in [0, 0.1) is 0 Å². The summed E-state index contributed by atoms with van der Waals surface area (Å²) in [7, 11) is 1.66. The van der Waals surface area contributed by atoms with Crippen molar-refractivity contribution in [2.24, 2.45) is 5.73 Å². The first kappa shape index (κ1) is 15.5. The number of para-hydroxylation sites is 1.